The van der Waals surface area contributed by atoms with Crippen LogP contribution in [-0.2, 0) is 4.74 Å². The fourth-order valence-corrected chi connectivity index (χ4v) is 1.82. The minimum atomic E-state index is -0.699. The third-order valence-electron chi connectivity index (χ3n) is 3.45. The van der Waals surface area contributed by atoms with Gasteiger partial charge in [0.2, 0.25) is 0 Å². The Labute approximate surface area is 109 Å². The standard InChI is InChI=1S/C13H16F2N2O2/c1-19-12(18)8-4-9(15)11(16)10(5-8)17-7-13(6-14)2-3-13/h4-5,17H,2-3,6-7,16H2,1H3. The maximum Gasteiger partial charge on any atom is 0.338 e. The van der Waals surface area contributed by atoms with Crippen LogP contribution in [-0.4, -0.2) is 26.3 Å². The zero-order valence-corrected chi connectivity index (χ0v) is 10.6. The second-order valence-corrected chi connectivity index (χ2v) is 4.90. The molecule has 0 amide bonds. The molecule has 19 heavy (non-hydrogen) atoms. The maximum absolute atomic E-state index is 13.6. The van der Waals surface area contributed by atoms with E-state index in [0.29, 0.717) is 12.2 Å². The van der Waals surface area contributed by atoms with Gasteiger partial charge in [-0.15, -0.1) is 0 Å². The third-order valence-corrected chi connectivity index (χ3v) is 3.45. The number of nitrogen functional groups attached to an aromatic ring is 1. The summed E-state index contributed by atoms with van der Waals surface area (Å²) < 4.78 is 30.9. The zero-order valence-electron chi connectivity index (χ0n) is 10.6. The Hall–Kier alpha value is -1.85. The predicted octanol–water partition coefficient (Wildman–Crippen LogP) is 2.36. The lowest BCUT2D eigenvalue weighted by molar-refractivity contribution is 0.0600. The highest BCUT2D eigenvalue weighted by Gasteiger charge is 2.42. The molecule has 1 saturated carbocycles. The van der Waals surface area contributed by atoms with Gasteiger partial charge in [-0.05, 0) is 25.0 Å². The molecule has 0 aliphatic heterocycles. The Bertz CT molecular complexity index is 502. The fraction of sp³-hybridized carbons (Fsp3) is 0.462. The number of esters is 1. The molecule has 2 rings (SSSR count). The summed E-state index contributed by atoms with van der Waals surface area (Å²) in [6.45, 7) is -0.0448. The topological polar surface area (TPSA) is 64.3 Å². The lowest BCUT2D eigenvalue weighted by Crippen LogP contribution is -2.18. The van der Waals surface area contributed by atoms with E-state index in [-0.39, 0.29) is 16.7 Å². The number of carbonyl (C=O) groups excluding carboxylic acids is 1. The Kier molecular flexibility index (Phi) is 3.59. The van der Waals surface area contributed by atoms with Crippen molar-refractivity contribution in [2.45, 2.75) is 12.8 Å². The van der Waals surface area contributed by atoms with Crippen molar-refractivity contribution in [3.63, 3.8) is 0 Å². The number of rotatable bonds is 5. The Balaban J connectivity index is 2.18. The minimum Gasteiger partial charge on any atom is -0.465 e. The number of carbonyl (C=O) groups is 1. The van der Waals surface area contributed by atoms with Crippen LogP contribution in [0.1, 0.15) is 23.2 Å². The molecule has 6 heteroatoms. The van der Waals surface area contributed by atoms with Gasteiger partial charge in [0.25, 0.3) is 0 Å². The average molecular weight is 270 g/mol. The molecule has 1 aromatic rings. The van der Waals surface area contributed by atoms with Crippen LogP contribution in [0, 0.1) is 11.2 Å². The van der Waals surface area contributed by atoms with Crippen LogP contribution in [0.15, 0.2) is 12.1 Å². The number of nitrogens with one attached hydrogen (secondary N) is 1. The first-order valence-corrected chi connectivity index (χ1v) is 5.98. The molecular weight excluding hydrogens is 254 g/mol. The van der Waals surface area contributed by atoms with E-state index < -0.39 is 18.5 Å². The van der Waals surface area contributed by atoms with Crippen LogP contribution in [0.4, 0.5) is 20.2 Å². The van der Waals surface area contributed by atoms with E-state index in [4.69, 9.17) is 5.73 Å². The maximum atomic E-state index is 13.6. The van der Waals surface area contributed by atoms with Crippen LogP contribution in [0.3, 0.4) is 0 Å². The van der Waals surface area contributed by atoms with Crippen LogP contribution < -0.4 is 11.1 Å². The van der Waals surface area contributed by atoms with Gasteiger partial charge in [-0.3, -0.25) is 4.39 Å². The van der Waals surface area contributed by atoms with Crippen molar-refractivity contribution < 1.29 is 18.3 Å². The number of methoxy groups -OCH3 is 1. The zero-order chi connectivity index (χ0) is 14.0. The second-order valence-electron chi connectivity index (χ2n) is 4.90. The van der Waals surface area contributed by atoms with Crippen molar-refractivity contribution >= 4 is 17.3 Å². The first kappa shape index (κ1) is 13.6. The van der Waals surface area contributed by atoms with E-state index in [2.05, 4.69) is 10.1 Å². The van der Waals surface area contributed by atoms with Crippen molar-refractivity contribution in [3.05, 3.63) is 23.5 Å². The van der Waals surface area contributed by atoms with Gasteiger partial charge in [0.15, 0.2) is 0 Å². The Morgan fingerprint density at radius 1 is 1.53 bits per heavy atom. The van der Waals surface area contributed by atoms with Gasteiger partial charge in [0, 0.05) is 12.0 Å². The van der Waals surface area contributed by atoms with E-state index in [1.54, 1.807) is 0 Å². The molecule has 0 bridgehead atoms. The number of hydrogen-bond donors (Lipinski definition) is 2. The molecule has 0 spiro atoms. The van der Waals surface area contributed by atoms with Crippen LogP contribution >= 0.6 is 0 Å². The molecule has 0 aromatic heterocycles. The summed E-state index contributed by atoms with van der Waals surface area (Å²) in [6, 6.07) is 2.44. The second kappa shape index (κ2) is 5.03. The average Bonchev–Trinajstić information content (AvgIpc) is 3.20. The number of halogens is 2. The van der Waals surface area contributed by atoms with Crippen molar-refractivity contribution in [2.24, 2.45) is 5.41 Å². The molecule has 104 valence electrons. The summed E-state index contributed by atoms with van der Waals surface area (Å²) in [6.07, 6.45) is 1.60. The molecule has 1 aliphatic carbocycles. The number of benzene rings is 1. The highest BCUT2D eigenvalue weighted by Crippen LogP contribution is 2.46. The van der Waals surface area contributed by atoms with E-state index in [9.17, 15) is 13.6 Å². The molecule has 1 fully saturated rings. The van der Waals surface area contributed by atoms with Crippen molar-refractivity contribution in [1.29, 1.82) is 0 Å². The Morgan fingerprint density at radius 3 is 2.74 bits per heavy atom. The van der Waals surface area contributed by atoms with E-state index in [0.717, 1.165) is 18.9 Å². The molecule has 1 aromatic carbocycles. The van der Waals surface area contributed by atoms with E-state index in [1.165, 1.54) is 13.2 Å². The largest absolute Gasteiger partial charge is 0.465 e. The summed E-state index contributed by atoms with van der Waals surface area (Å²) in [4.78, 5) is 11.4. The number of alkyl halides is 1. The molecular formula is C13H16F2N2O2. The monoisotopic (exact) mass is 270 g/mol. The SMILES string of the molecule is COC(=O)c1cc(F)c(N)c(NCC2(CF)CC2)c1. The van der Waals surface area contributed by atoms with Crippen molar-refractivity contribution in [3.8, 4) is 0 Å². The minimum absolute atomic E-state index is 0.0711. The summed E-state index contributed by atoms with van der Waals surface area (Å²) in [5, 5.41) is 2.91. The first-order chi connectivity index (χ1) is 9.01. The number of hydrogen-bond acceptors (Lipinski definition) is 4. The number of ether oxygens (including phenoxy) is 1. The summed E-state index contributed by atoms with van der Waals surface area (Å²) in [7, 11) is 1.21. The molecule has 3 N–H and O–H groups in total. The third kappa shape index (κ3) is 2.77. The smallest absolute Gasteiger partial charge is 0.338 e. The fourth-order valence-electron chi connectivity index (χ4n) is 1.82. The van der Waals surface area contributed by atoms with Crippen molar-refractivity contribution in [2.75, 3.05) is 31.4 Å². The molecule has 1 aliphatic rings. The van der Waals surface area contributed by atoms with Gasteiger partial charge in [-0.25, -0.2) is 9.18 Å². The summed E-state index contributed by atoms with van der Waals surface area (Å²) in [5.41, 5.74) is 5.53. The normalized spacial score (nSPS) is 15.9. The van der Waals surface area contributed by atoms with Gasteiger partial charge in [0.1, 0.15) is 5.82 Å². The molecule has 0 heterocycles. The highest BCUT2D eigenvalue weighted by molar-refractivity contribution is 5.92. The van der Waals surface area contributed by atoms with Crippen LogP contribution in [0.5, 0.6) is 0 Å². The predicted molar refractivity (Wildman–Crippen MR) is 68.3 cm³/mol. The van der Waals surface area contributed by atoms with E-state index >= 15 is 0 Å². The lowest BCUT2D eigenvalue weighted by atomic mass is 10.1. The highest BCUT2D eigenvalue weighted by atomic mass is 19.1. The molecule has 4 nitrogen and oxygen atoms in total. The summed E-state index contributed by atoms with van der Waals surface area (Å²) >= 11 is 0. The number of anilines is 2. The lowest BCUT2D eigenvalue weighted by Gasteiger charge is -2.15. The van der Waals surface area contributed by atoms with Gasteiger partial charge >= 0.3 is 5.97 Å². The molecule has 0 atom stereocenters. The van der Waals surface area contributed by atoms with Gasteiger partial charge < -0.3 is 15.8 Å². The molecule has 0 saturated heterocycles. The van der Waals surface area contributed by atoms with Crippen molar-refractivity contribution in [1.82, 2.24) is 0 Å². The van der Waals surface area contributed by atoms with Crippen LogP contribution in [0.25, 0.3) is 0 Å². The van der Waals surface area contributed by atoms with Gasteiger partial charge in [-0.2, -0.15) is 0 Å². The molecule has 0 radical (unpaired) electrons. The number of nitrogens with two attached hydrogens (primary N) is 1. The first-order valence-electron chi connectivity index (χ1n) is 5.98. The van der Waals surface area contributed by atoms with E-state index in [1.807, 2.05) is 0 Å². The quantitative estimate of drug-likeness (QED) is 0.637. The van der Waals surface area contributed by atoms with Crippen LogP contribution in [0.2, 0.25) is 0 Å². The molecule has 0 unspecified atom stereocenters. The van der Waals surface area contributed by atoms with Gasteiger partial charge in [0.05, 0.1) is 30.7 Å². The van der Waals surface area contributed by atoms with Gasteiger partial charge in [-0.1, -0.05) is 0 Å². The Morgan fingerprint density at radius 2 is 2.21 bits per heavy atom. The summed E-state index contributed by atoms with van der Waals surface area (Å²) in [5.74, 6) is -1.34.